The van der Waals surface area contributed by atoms with E-state index in [2.05, 4.69) is 47.2 Å². The minimum absolute atomic E-state index is 0.166. The second-order valence-electron chi connectivity index (χ2n) is 9.65. The third kappa shape index (κ3) is 5.31. The highest BCUT2D eigenvalue weighted by Crippen LogP contribution is 2.36. The number of benzene rings is 1. The second-order valence-corrected chi connectivity index (χ2v) is 10.7. The van der Waals surface area contributed by atoms with Crippen LogP contribution in [-0.2, 0) is 16.0 Å². The lowest BCUT2D eigenvalue weighted by atomic mass is 9.89. The van der Waals surface area contributed by atoms with Gasteiger partial charge in [0, 0.05) is 6.54 Å². The molecule has 0 radical (unpaired) electrons. The molecular formula is C26H34N6O2S. The van der Waals surface area contributed by atoms with Crippen LogP contribution in [0.4, 0.5) is 11.5 Å². The van der Waals surface area contributed by atoms with Crippen molar-refractivity contribution in [3.05, 3.63) is 46.6 Å². The maximum absolute atomic E-state index is 13.3. The maximum Gasteiger partial charge on any atom is 0.313 e. The van der Waals surface area contributed by atoms with Crippen LogP contribution in [0.5, 0.6) is 0 Å². The van der Waals surface area contributed by atoms with Gasteiger partial charge in [0.2, 0.25) is 0 Å². The number of pyridine rings is 1. The Morgan fingerprint density at radius 3 is 2.77 bits per heavy atom. The number of nitrogens with zero attached hydrogens (tertiary/aromatic N) is 4. The average Bonchev–Trinajstić information content (AvgIpc) is 3.27. The third-order valence-electron chi connectivity index (χ3n) is 6.86. The summed E-state index contributed by atoms with van der Waals surface area (Å²) in [7, 11) is 4.09. The zero-order chi connectivity index (χ0) is 25.3. The zero-order valence-corrected chi connectivity index (χ0v) is 21.9. The van der Waals surface area contributed by atoms with Crippen LogP contribution in [0.3, 0.4) is 0 Å². The van der Waals surface area contributed by atoms with E-state index in [0.29, 0.717) is 30.4 Å². The summed E-state index contributed by atoms with van der Waals surface area (Å²) < 4.78 is 1.12. The van der Waals surface area contributed by atoms with Crippen molar-refractivity contribution in [3.63, 3.8) is 0 Å². The van der Waals surface area contributed by atoms with E-state index in [1.54, 1.807) is 22.3 Å². The fraction of sp³-hybridized carbons (Fsp3) is 0.462. The molecule has 1 aliphatic rings. The van der Waals surface area contributed by atoms with Crippen LogP contribution < -0.4 is 11.1 Å². The van der Waals surface area contributed by atoms with Crippen LogP contribution >= 0.6 is 11.3 Å². The van der Waals surface area contributed by atoms with Gasteiger partial charge in [-0.3, -0.25) is 9.59 Å². The van der Waals surface area contributed by atoms with Crippen molar-refractivity contribution in [2.75, 3.05) is 31.7 Å². The number of fused-ring (bicyclic) bond motifs is 1. The predicted octanol–water partition coefficient (Wildman–Crippen LogP) is 4.40. The van der Waals surface area contributed by atoms with Crippen LogP contribution in [0.25, 0.3) is 10.2 Å². The van der Waals surface area contributed by atoms with E-state index in [4.69, 9.17) is 10.7 Å². The number of likely N-dealkylation sites (tertiary alicyclic amines) is 1. The van der Waals surface area contributed by atoms with E-state index in [1.165, 1.54) is 6.20 Å². The normalized spacial score (nSPS) is 19.2. The summed E-state index contributed by atoms with van der Waals surface area (Å²) in [5.74, 6) is -0.433. The van der Waals surface area contributed by atoms with Gasteiger partial charge in [-0.25, -0.2) is 9.97 Å². The van der Waals surface area contributed by atoms with E-state index >= 15 is 0 Å². The molecule has 3 aromatic rings. The fourth-order valence-electron chi connectivity index (χ4n) is 4.48. The third-order valence-corrected chi connectivity index (χ3v) is 8.06. The SMILES string of the molecule is CCc1cc(NC(=O)C(=O)N2C[C@@H](C)CC[C@@H]2c2ccc3sc([C@@H](C)N(C)C)nc3c2)cnc1N. The average molecular weight is 495 g/mol. The number of aryl methyl sites for hydroxylation is 1. The number of thiazole rings is 1. The molecule has 35 heavy (non-hydrogen) atoms. The number of carbonyl (C=O) groups excluding carboxylic acids is 2. The number of carbonyl (C=O) groups is 2. The Balaban J connectivity index is 1.58. The monoisotopic (exact) mass is 494 g/mol. The second kappa shape index (κ2) is 10.3. The number of rotatable bonds is 5. The number of nitrogen functional groups attached to an aromatic ring is 1. The summed E-state index contributed by atoms with van der Waals surface area (Å²) in [5.41, 5.74) is 9.13. The molecule has 4 rings (SSSR count). The molecule has 1 aromatic carbocycles. The van der Waals surface area contributed by atoms with Gasteiger partial charge in [0.15, 0.2) is 0 Å². The molecule has 1 aliphatic heterocycles. The van der Waals surface area contributed by atoms with Gasteiger partial charge in [0.1, 0.15) is 10.8 Å². The number of nitrogens with one attached hydrogen (secondary N) is 1. The minimum Gasteiger partial charge on any atom is -0.383 e. The number of aromatic nitrogens is 2. The first-order valence-electron chi connectivity index (χ1n) is 12.1. The van der Waals surface area contributed by atoms with Crippen LogP contribution in [0.15, 0.2) is 30.5 Å². The summed E-state index contributed by atoms with van der Waals surface area (Å²) in [5, 5.41) is 3.79. The van der Waals surface area contributed by atoms with Crippen molar-refractivity contribution >= 4 is 44.9 Å². The Morgan fingerprint density at radius 1 is 1.29 bits per heavy atom. The number of piperidine rings is 1. The van der Waals surface area contributed by atoms with Gasteiger partial charge in [-0.05, 0) is 75.5 Å². The van der Waals surface area contributed by atoms with Crippen molar-refractivity contribution < 1.29 is 9.59 Å². The van der Waals surface area contributed by atoms with Gasteiger partial charge in [-0.2, -0.15) is 0 Å². The molecular weight excluding hydrogens is 460 g/mol. The smallest absolute Gasteiger partial charge is 0.313 e. The van der Waals surface area contributed by atoms with E-state index < -0.39 is 11.8 Å². The van der Waals surface area contributed by atoms with Crippen LogP contribution in [0, 0.1) is 5.92 Å². The Labute approximate surface area is 210 Å². The molecule has 2 aromatic heterocycles. The van der Waals surface area contributed by atoms with Crippen molar-refractivity contribution in [1.29, 1.82) is 0 Å². The predicted molar refractivity (Wildman–Crippen MR) is 141 cm³/mol. The quantitative estimate of drug-likeness (QED) is 0.510. The highest BCUT2D eigenvalue weighted by atomic mass is 32.1. The van der Waals surface area contributed by atoms with Crippen LogP contribution in [0.2, 0.25) is 0 Å². The first kappa shape index (κ1) is 25.1. The van der Waals surface area contributed by atoms with Gasteiger partial charge in [0.05, 0.1) is 34.2 Å². The Morgan fingerprint density at radius 2 is 2.06 bits per heavy atom. The first-order valence-corrected chi connectivity index (χ1v) is 12.9. The largest absolute Gasteiger partial charge is 0.383 e. The van der Waals surface area contributed by atoms with Crippen molar-refractivity contribution in [2.24, 2.45) is 5.92 Å². The number of nitrogens with two attached hydrogens (primary N) is 1. The van der Waals surface area contributed by atoms with Crippen molar-refractivity contribution in [2.45, 2.75) is 52.1 Å². The molecule has 3 N–H and O–H groups in total. The Hall–Kier alpha value is -3.04. The fourth-order valence-corrected chi connectivity index (χ4v) is 5.58. The lowest BCUT2D eigenvalue weighted by Crippen LogP contribution is -2.46. The van der Waals surface area contributed by atoms with Crippen LogP contribution in [-0.4, -0.2) is 52.2 Å². The molecule has 0 saturated carbocycles. The molecule has 2 amide bonds. The molecule has 0 aliphatic carbocycles. The van der Waals surface area contributed by atoms with Gasteiger partial charge in [-0.1, -0.05) is 19.9 Å². The first-order chi connectivity index (χ1) is 16.7. The van der Waals surface area contributed by atoms with Crippen molar-refractivity contribution in [1.82, 2.24) is 19.8 Å². The van der Waals surface area contributed by atoms with Crippen molar-refractivity contribution in [3.8, 4) is 0 Å². The lowest BCUT2D eigenvalue weighted by molar-refractivity contribution is -0.146. The van der Waals surface area contributed by atoms with Gasteiger partial charge < -0.3 is 20.9 Å². The molecule has 3 atom stereocenters. The molecule has 0 bridgehead atoms. The zero-order valence-electron chi connectivity index (χ0n) is 21.0. The van der Waals surface area contributed by atoms with E-state index in [0.717, 1.165) is 39.2 Å². The maximum atomic E-state index is 13.3. The minimum atomic E-state index is -0.658. The molecule has 8 nitrogen and oxygen atoms in total. The lowest BCUT2D eigenvalue weighted by Gasteiger charge is -2.38. The van der Waals surface area contributed by atoms with E-state index in [9.17, 15) is 9.59 Å². The highest BCUT2D eigenvalue weighted by molar-refractivity contribution is 7.18. The molecule has 1 fully saturated rings. The number of anilines is 2. The summed E-state index contributed by atoms with van der Waals surface area (Å²) in [4.78, 5) is 39.1. The number of amides is 2. The molecule has 0 unspecified atom stereocenters. The Bertz CT molecular complexity index is 1240. The van der Waals surface area contributed by atoms with Gasteiger partial charge >= 0.3 is 11.8 Å². The summed E-state index contributed by atoms with van der Waals surface area (Å²) in [6.45, 7) is 6.76. The molecule has 0 spiro atoms. The number of hydrogen-bond acceptors (Lipinski definition) is 7. The standard InChI is InChI=1S/C26H34N6O2S/c1-6-17-11-19(13-28-23(17)27)29-24(33)26(34)32-14-15(2)7-9-21(32)18-8-10-22-20(12-18)30-25(35-22)16(3)31(4)5/h8,10-13,15-16,21H,6-7,9,14H2,1-5H3,(H2,27,28)(H,29,33)/t15-,16+,21+/m0/s1. The summed E-state index contributed by atoms with van der Waals surface area (Å²) in [6.07, 6.45) is 3.98. The van der Waals surface area contributed by atoms with Crippen LogP contribution in [0.1, 0.15) is 61.8 Å². The van der Waals surface area contributed by atoms with E-state index in [1.807, 2.05) is 21.0 Å². The Kier molecular flexibility index (Phi) is 7.37. The summed E-state index contributed by atoms with van der Waals surface area (Å²) in [6, 6.07) is 8.06. The highest BCUT2D eigenvalue weighted by Gasteiger charge is 2.34. The number of hydrogen-bond donors (Lipinski definition) is 2. The molecule has 186 valence electrons. The summed E-state index contributed by atoms with van der Waals surface area (Å²) >= 11 is 1.69. The molecule has 1 saturated heterocycles. The molecule has 9 heteroatoms. The topological polar surface area (TPSA) is 104 Å². The van der Waals surface area contributed by atoms with Gasteiger partial charge in [0.25, 0.3) is 0 Å². The van der Waals surface area contributed by atoms with E-state index in [-0.39, 0.29) is 12.1 Å². The molecule has 3 heterocycles. The van der Waals surface area contributed by atoms with Gasteiger partial charge in [-0.15, -0.1) is 11.3 Å².